The molecule has 1 aromatic heterocycles. The van der Waals surface area contributed by atoms with Crippen LogP contribution in [0.25, 0.3) is 0 Å². The van der Waals surface area contributed by atoms with Crippen LogP contribution in [0.1, 0.15) is 37.0 Å². The predicted octanol–water partition coefficient (Wildman–Crippen LogP) is 2.66. The van der Waals surface area contributed by atoms with Crippen LogP contribution in [0.3, 0.4) is 0 Å². The smallest absolute Gasteiger partial charge is 0.191 e. The van der Waals surface area contributed by atoms with Gasteiger partial charge in [0.2, 0.25) is 0 Å². The number of nitrogens with zero attached hydrogens (tertiary/aromatic N) is 3. The van der Waals surface area contributed by atoms with E-state index in [-0.39, 0.29) is 0 Å². The lowest BCUT2D eigenvalue weighted by Gasteiger charge is -2.34. The number of aliphatic hydroxyl groups is 1. The molecule has 1 aliphatic rings. The molecule has 0 amide bonds. The van der Waals surface area contributed by atoms with Gasteiger partial charge in [0.15, 0.2) is 5.96 Å². The van der Waals surface area contributed by atoms with Crippen LogP contribution >= 0.6 is 0 Å². The fourth-order valence-corrected chi connectivity index (χ4v) is 3.52. The van der Waals surface area contributed by atoms with E-state index >= 15 is 0 Å². The summed E-state index contributed by atoms with van der Waals surface area (Å²) >= 11 is 0. The van der Waals surface area contributed by atoms with Crippen molar-refractivity contribution >= 4 is 11.8 Å². The molecule has 1 unspecified atom stereocenters. The molecule has 162 valence electrons. The molecule has 1 fully saturated rings. The summed E-state index contributed by atoms with van der Waals surface area (Å²) in [6, 6.07) is 12.0. The maximum atomic E-state index is 10.5. The number of benzene rings is 1. The minimum atomic E-state index is -0.652. The molecular weight excluding hydrogens is 378 g/mol. The number of rotatable bonds is 7. The highest BCUT2D eigenvalue weighted by Crippen LogP contribution is 2.19. The highest BCUT2D eigenvalue weighted by Gasteiger charge is 2.21. The number of hydrogen-bond acceptors (Lipinski definition) is 5. The first kappa shape index (κ1) is 21.9. The Morgan fingerprint density at radius 2 is 1.97 bits per heavy atom. The first-order valence-corrected chi connectivity index (χ1v) is 10.6. The van der Waals surface area contributed by atoms with Crippen LogP contribution in [0.5, 0.6) is 5.75 Å². The molecule has 0 radical (unpaired) electrons. The zero-order chi connectivity index (χ0) is 21.3. The van der Waals surface area contributed by atoms with Gasteiger partial charge in [-0.2, -0.15) is 0 Å². The van der Waals surface area contributed by atoms with Gasteiger partial charge >= 0.3 is 0 Å². The molecular formula is C23H33N5O2. The Bertz CT molecular complexity index is 799. The second-order valence-electron chi connectivity index (χ2n) is 7.61. The Morgan fingerprint density at radius 1 is 1.23 bits per heavy atom. The summed E-state index contributed by atoms with van der Waals surface area (Å²) in [5.41, 5.74) is 2.01. The third kappa shape index (κ3) is 6.10. The minimum Gasteiger partial charge on any atom is -0.497 e. The van der Waals surface area contributed by atoms with Gasteiger partial charge in [-0.15, -0.1) is 0 Å². The van der Waals surface area contributed by atoms with Crippen LogP contribution in [-0.2, 0) is 0 Å². The number of pyridine rings is 1. The van der Waals surface area contributed by atoms with Gasteiger partial charge in [0.25, 0.3) is 0 Å². The van der Waals surface area contributed by atoms with Crippen molar-refractivity contribution in [1.82, 2.24) is 15.6 Å². The zero-order valence-electron chi connectivity index (χ0n) is 18.1. The van der Waals surface area contributed by atoms with Crippen LogP contribution in [0.4, 0.5) is 5.82 Å². The number of nitrogens with one attached hydrogen (secondary N) is 2. The van der Waals surface area contributed by atoms with Gasteiger partial charge in [-0.1, -0.05) is 18.2 Å². The molecule has 0 bridgehead atoms. The summed E-state index contributed by atoms with van der Waals surface area (Å²) < 4.78 is 5.17. The molecule has 1 aliphatic heterocycles. The van der Waals surface area contributed by atoms with Crippen LogP contribution in [-0.4, -0.2) is 55.4 Å². The number of guanidine groups is 1. The molecule has 7 heteroatoms. The topological polar surface area (TPSA) is 82.0 Å². The summed E-state index contributed by atoms with van der Waals surface area (Å²) in [6.45, 7) is 7.09. The van der Waals surface area contributed by atoms with Crippen molar-refractivity contribution in [2.75, 3.05) is 38.2 Å². The molecule has 0 saturated carbocycles. The third-order valence-corrected chi connectivity index (χ3v) is 5.32. The average Bonchev–Trinajstić information content (AvgIpc) is 2.78. The molecule has 30 heavy (non-hydrogen) atoms. The normalized spacial score (nSPS) is 16.3. The average molecular weight is 412 g/mol. The summed E-state index contributed by atoms with van der Waals surface area (Å²) in [5, 5.41) is 17.3. The van der Waals surface area contributed by atoms with E-state index in [4.69, 9.17) is 4.74 Å². The van der Waals surface area contributed by atoms with Gasteiger partial charge in [0, 0.05) is 31.9 Å². The number of hydrogen-bond donors (Lipinski definition) is 3. The Hall–Kier alpha value is -2.80. The maximum absolute atomic E-state index is 10.5. The van der Waals surface area contributed by atoms with E-state index in [0.717, 1.165) is 55.6 Å². The lowest BCUT2D eigenvalue weighted by Crippen LogP contribution is -2.49. The number of ether oxygens (including phenoxy) is 1. The number of aliphatic hydroxyl groups excluding tert-OH is 1. The third-order valence-electron chi connectivity index (χ3n) is 5.32. The Morgan fingerprint density at radius 3 is 2.57 bits per heavy atom. The number of aliphatic imine (C=N–C) groups is 1. The molecule has 2 heterocycles. The number of aromatic nitrogens is 1. The van der Waals surface area contributed by atoms with Crippen molar-refractivity contribution in [3.63, 3.8) is 0 Å². The minimum absolute atomic E-state index is 0.299. The number of aryl methyl sites for hydroxylation is 1. The van der Waals surface area contributed by atoms with Crippen molar-refractivity contribution < 1.29 is 9.84 Å². The largest absolute Gasteiger partial charge is 0.497 e. The fraction of sp³-hybridized carbons (Fsp3) is 0.478. The molecule has 7 nitrogen and oxygen atoms in total. The SMILES string of the molecule is CCNC(=NCC(O)c1ccc(OC)cc1)NC1CCN(c2ccc(C)cn2)CC1. The highest BCUT2D eigenvalue weighted by molar-refractivity contribution is 5.80. The molecule has 3 rings (SSSR count). The molecule has 1 saturated heterocycles. The van der Waals surface area contributed by atoms with E-state index in [1.165, 1.54) is 5.56 Å². The second kappa shape index (κ2) is 10.8. The molecule has 0 spiro atoms. The van der Waals surface area contributed by atoms with Crippen LogP contribution < -0.4 is 20.3 Å². The van der Waals surface area contributed by atoms with Crippen molar-refractivity contribution in [2.24, 2.45) is 4.99 Å². The Balaban J connectivity index is 1.52. The van der Waals surface area contributed by atoms with Gasteiger partial charge in [0.05, 0.1) is 19.8 Å². The maximum Gasteiger partial charge on any atom is 0.191 e. The van der Waals surface area contributed by atoms with Gasteiger partial charge in [0.1, 0.15) is 11.6 Å². The van der Waals surface area contributed by atoms with E-state index in [2.05, 4.69) is 44.6 Å². The lowest BCUT2D eigenvalue weighted by atomic mass is 10.1. The van der Waals surface area contributed by atoms with Gasteiger partial charge in [-0.25, -0.2) is 4.98 Å². The first-order valence-electron chi connectivity index (χ1n) is 10.6. The van der Waals surface area contributed by atoms with E-state index in [1.54, 1.807) is 7.11 Å². The zero-order valence-corrected chi connectivity index (χ0v) is 18.1. The van der Waals surface area contributed by atoms with Crippen molar-refractivity contribution in [3.05, 3.63) is 53.7 Å². The van der Waals surface area contributed by atoms with E-state index in [0.29, 0.717) is 12.6 Å². The van der Waals surface area contributed by atoms with Crippen LogP contribution in [0, 0.1) is 6.92 Å². The lowest BCUT2D eigenvalue weighted by molar-refractivity contribution is 0.187. The van der Waals surface area contributed by atoms with E-state index in [1.807, 2.05) is 37.4 Å². The fourth-order valence-electron chi connectivity index (χ4n) is 3.52. The standard InChI is InChI=1S/C23H33N5O2/c1-4-24-23(26-16-21(29)18-6-8-20(30-3)9-7-18)27-19-11-13-28(14-12-19)22-10-5-17(2)15-25-22/h5-10,15,19,21,29H,4,11-14,16H2,1-3H3,(H2,24,26,27). The van der Waals surface area contributed by atoms with Crippen LogP contribution in [0.15, 0.2) is 47.6 Å². The van der Waals surface area contributed by atoms with Gasteiger partial charge in [-0.05, 0) is 56.0 Å². The summed E-state index contributed by atoms with van der Waals surface area (Å²) in [6.07, 6.45) is 3.30. The molecule has 2 aromatic rings. The first-order chi connectivity index (χ1) is 14.6. The summed E-state index contributed by atoms with van der Waals surface area (Å²) in [5.74, 6) is 2.57. The Kier molecular flexibility index (Phi) is 7.90. The number of anilines is 1. The van der Waals surface area contributed by atoms with Crippen molar-refractivity contribution in [3.8, 4) is 5.75 Å². The van der Waals surface area contributed by atoms with Gasteiger partial charge in [-0.3, -0.25) is 4.99 Å². The van der Waals surface area contributed by atoms with Crippen molar-refractivity contribution in [1.29, 1.82) is 0 Å². The summed E-state index contributed by atoms with van der Waals surface area (Å²) in [7, 11) is 1.63. The molecule has 1 aromatic carbocycles. The second-order valence-corrected chi connectivity index (χ2v) is 7.61. The highest BCUT2D eigenvalue weighted by atomic mass is 16.5. The number of methoxy groups -OCH3 is 1. The Labute approximate surface area is 179 Å². The van der Waals surface area contributed by atoms with Crippen molar-refractivity contribution in [2.45, 2.75) is 38.8 Å². The molecule has 1 atom stereocenters. The molecule has 0 aliphatic carbocycles. The monoisotopic (exact) mass is 411 g/mol. The predicted molar refractivity (Wildman–Crippen MR) is 121 cm³/mol. The quantitative estimate of drug-likeness (QED) is 0.480. The molecule has 3 N–H and O–H groups in total. The van der Waals surface area contributed by atoms with E-state index in [9.17, 15) is 5.11 Å². The van der Waals surface area contributed by atoms with Gasteiger partial charge < -0.3 is 25.4 Å². The van der Waals surface area contributed by atoms with E-state index < -0.39 is 6.10 Å². The van der Waals surface area contributed by atoms with Crippen LogP contribution in [0.2, 0.25) is 0 Å². The number of piperidine rings is 1. The summed E-state index contributed by atoms with van der Waals surface area (Å²) in [4.78, 5) is 11.5.